The summed E-state index contributed by atoms with van der Waals surface area (Å²) in [4.78, 5) is 18.1. The van der Waals surface area contributed by atoms with Gasteiger partial charge in [0.1, 0.15) is 6.04 Å². The highest BCUT2D eigenvalue weighted by Gasteiger charge is 2.43. The van der Waals surface area contributed by atoms with E-state index in [-0.39, 0.29) is 5.91 Å². The van der Waals surface area contributed by atoms with Gasteiger partial charge < -0.3 is 15.1 Å². The fraction of sp³-hybridized carbons (Fsp3) is 0.500. The average Bonchev–Trinajstić information content (AvgIpc) is 3.17. The SMILES string of the molecule is O=C(C[NH+]1CCc2sccc2[C@@H]1C1CC1)Nc1ccc(N2CCCC2)cc1. The lowest BCUT2D eigenvalue weighted by molar-refractivity contribution is -0.928. The van der Waals surface area contributed by atoms with Gasteiger partial charge in [0, 0.05) is 47.2 Å². The number of anilines is 2. The second kappa shape index (κ2) is 7.28. The summed E-state index contributed by atoms with van der Waals surface area (Å²) in [5.41, 5.74) is 3.70. The second-order valence-corrected chi connectivity index (χ2v) is 9.24. The van der Waals surface area contributed by atoms with Gasteiger partial charge in [-0.3, -0.25) is 4.79 Å². The van der Waals surface area contributed by atoms with Gasteiger partial charge in [-0.25, -0.2) is 0 Å². The molecule has 2 atom stereocenters. The summed E-state index contributed by atoms with van der Waals surface area (Å²) in [5.74, 6) is 0.921. The normalized spacial score (nSPS) is 24.7. The van der Waals surface area contributed by atoms with E-state index in [0.29, 0.717) is 12.6 Å². The predicted molar refractivity (Wildman–Crippen MR) is 111 cm³/mol. The van der Waals surface area contributed by atoms with Crippen molar-refractivity contribution in [3.63, 3.8) is 0 Å². The molecular formula is C22H28N3OS+. The molecule has 2 aliphatic heterocycles. The van der Waals surface area contributed by atoms with Crippen LogP contribution in [-0.2, 0) is 11.2 Å². The maximum Gasteiger partial charge on any atom is 0.279 e. The number of carbonyl (C=O) groups is 1. The zero-order chi connectivity index (χ0) is 18.2. The predicted octanol–water partition coefficient (Wildman–Crippen LogP) is 2.88. The van der Waals surface area contributed by atoms with E-state index in [2.05, 4.69) is 33.8 Å². The van der Waals surface area contributed by atoms with Crippen LogP contribution in [0.25, 0.3) is 0 Å². The topological polar surface area (TPSA) is 36.8 Å². The lowest BCUT2D eigenvalue weighted by Crippen LogP contribution is -3.14. The summed E-state index contributed by atoms with van der Waals surface area (Å²) >= 11 is 1.89. The minimum atomic E-state index is 0.142. The second-order valence-electron chi connectivity index (χ2n) is 8.24. The van der Waals surface area contributed by atoms with Crippen molar-refractivity contribution >= 4 is 28.6 Å². The van der Waals surface area contributed by atoms with Crippen molar-refractivity contribution in [2.75, 3.05) is 36.4 Å². The molecule has 1 saturated heterocycles. The number of benzene rings is 1. The molecule has 0 spiro atoms. The molecule has 27 heavy (non-hydrogen) atoms. The Balaban J connectivity index is 1.23. The molecule has 0 radical (unpaired) electrons. The maximum absolute atomic E-state index is 12.7. The van der Waals surface area contributed by atoms with E-state index in [1.165, 1.54) is 41.8 Å². The molecule has 2 N–H and O–H groups in total. The molecule has 3 heterocycles. The molecule has 0 bridgehead atoms. The number of amides is 1. The molecule has 1 unspecified atom stereocenters. The molecule has 5 heteroatoms. The zero-order valence-corrected chi connectivity index (χ0v) is 16.6. The Morgan fingerprint density at radius 1 is 1.15 bits per heavy atom. The molecule has 1 amide bonds. The van der Waals surface area contributed by atoms with Crippen molar-refractivity contribution in [2.24, 2.45) is 5.92 Å². The first-order valence-corrected chi connectivity index (χ1v) is 11.2. The van der Waals surface area contributed by atoms with Gasteiger partial charge in [0.25, 0.3) is 5.91 Å². The van der Waals surface area contributed by atoms with Crippen LogP contribution < -0.4 is 15.1 Å². The molecule has 142 valence electrons. The Bertz CT molecular complexity index is 805. The standard InChI is InChI=1S/C22H27N3OS/c26-21(23-17-5-7-18(8-6-17)24-11-1-2-12-24)15-25-13-9-20-19(10-14-27-20)22(25)16-3-4-16/h5-8,10,14,16,22H,1-4,9,11-13,15H2,(H,23,26)/p+1/t22-/m0/s1. The Morgan fingerprint density at radius 3 is 2.67 bits per heavy atom. The molecular weight excluding hydrogens is 354 g/mol. The van der Waals surface area contributed by atoms with Gasteiger partial charge in [-0.1, -0.05) is 0 Å². The molecule has 1 saturated carbocycles. The number of carbonyl (C=O) groups excluding carboxylic acids is 1. The highest BCUT2D eigenvalue weighted by atomic mass is 32.1. The van der Waals surface area contributed by atoms with Crippen molar-refractivity contribution in [1.29, 1.82) is 0 Å². The first kappa shape index (κ1) is 17.3. The van der Waals surface area contributed by atoms with E-state index in [1.54, 1.807) is 4.88 Å². The number of hydrogen-bond donors (Lipinski definition) is 2. The Morgan fingerprint density at radius 2 is 1.93 bits per heavy atom. The van der Waals surface area contributed by atoms with E-state index in [1.807, 2.05) is 23.5 Å². The van der Waals surface area contributed by atoms with Crippen LogP contribution in [0.5, 0.6) is 0 Å². The first-order valence-electron chi connectivity index (χ1n) is 10.3. The fourth-order valence-electron chi connectivity index (χ4n) is 4.84. The molecule has 5 rings (SSSR count). The molecule has 1 aliphatic carbocycles. The number of fused-ring (bicyclic) bond motifs is 1. The summed E-state index contributed by atoms with van der Waals surface area (Å²) in [5, 5.41) is 5.36. The minimum absolute atomic E-state index is 0.142. The quantitative estimate of drug-likeness (QED) is 0.834. The Hall–Kier alpha value is -1.85. The van der Waals surface area contributed by atoms with Gasteiger partial charge in [0.2, 0.25) is 0 Å². The monoisotopic (exact) mass is 382 g/mol. The summed E-state index contributed by atoms with van der Waals surface area (Å²) in [7, 11) is 0. The number of nitrogens with one attached hydrogen (secondary N) is 2. The number of nitrogens with zero attached hydrogens (tertiary/aromatic N) is 1. The number of rotatable bonds is 5. The summed E-state index contributed by atoms with van der Waals surface area (Å²) in [6, 6.07) is 11.2. The smallest absolute Gasteiger partial charge is 0.279 e. The van der Waals surface area contributed by atoms with Gasteiger partial charge in [-0.05, 0) is 61.4 Å². The molecule has 1 aromatic carbocycles. The van der Waals surface area contributed by atoms with E-state index in [9.17, 15) is 4.79 Å². The largest absolute Gasteiger partial charge is 0.372 e. The van der Waals surface area contributed by atoms with E-state index >= 15 is 0 Å². The van der Waals surface area contributed by atoms with E-state index in [4.69, 9.17) is 0 Å². The van der Waals surface area contributed by atoms with E-state index < -0.39 is 0 Å². The Kier molecular flexibility index (Phi) is 4.66. The summed E-state index contributed by atoms with van der Waals surface area (Å²) in [6.07, 6.45) is 6.33. The number of quaternary nitrogens is 1. The van der Waals surface area contributed by atoms with Crippen molar-refractivity contribution in [1.82, 2.24) is 0 Å². The number of thiophene rings is 1. The summed E-state index contributed by atoms with van der Waals surface area (Å²) in [6.45, 7) is 3.95. The maximum atomic E-state index is 12.7. The minimum Gasteiger partial charge on any atom is -0.372 e. The molecule has 2 fully saturated rings. The van der Waals surface area contributed by atoms with Crippen molar-refractivity contribution in [2.45, 2.75) is 38.1 Å². The van der Waals surface area contributed by atoms with Crippen LogP contribution in [0, 0.1) is 5.92 Å². The van der Waals surface area contributed by atoms with Crippen molar-refractivity contribution in [3.8, 4) is 0 Å². The van der Waals surface area contributed by atoms with Crippen LogP contribution in [0.15, 0.2) is 35.7 Å². The highest BCUT2D eigenvalue weighted by molar-refractivity contribution is 7.10. The summed E-state index contributed by atoms with van der Waals surface area (Å²) < 4.78 is 0. The van der Waals surface area contributed by atoms with Crippen LogP contribution in [0.3, 0.4) is 0 Å². The van der Waals surface area contributed by atoms with Gasteiger partial charge in [0.05, 0.1) is 6.54 Å². The van der Waals surface area contributed by atoms with Crippen LogP contribution in [0.1, 0.15) is 42.2 Å². The van der Waals surface area contributed by atoms with Crippen LogP contribution in [0.4, 0.5) is 11.4 Å². The average molecular weight is 383 g/mol. The van der Waals surface area contributed by atoms with Crippen LogP contribution >= 0.6 is 11.3 Å². The zero-order valence-electron chi connectivity index (χ0n) is 15.7. The van der Waals surface area contributed by atoms with Gasteiger partial charge >= 0.3 is 0 Å². The third kappa shape index (κ3) is 3.63. The Labute approximate surface area is 165 Å². The highest BCUT2D eigenvalue weighted by Crippen LogP contribution is 2.42. The molecule has 4 nitrogen and oxygen atoms in total. The molecule has 2 aromatic rings. The van der Waals surface area contributed by atoms with Crippen molar-refractivity contribution in [3.05, 3.63) is 46.2 Å². The lowest BCUT2D eigenvalue weighted by Gasteiger charge is -2.32. The molecule has 3 aliphatic rings. The van der Waals surface area contributed by atoms with Gasteiger partial charge in [-0.2, -0.15) is 0 Å². The van der Waals surface area contributed by atoms with Gasteiger partial charge in [0.15, 0.2) is 6.54 Å². The number of hydrogen-bond acceptors (Lipinski definition) is 3. The van der Waals surface area contributed by atoms with Gasteiger partial charge in [-0.15, -0.1) is 11.3 Å². The fourth-order valence-corrected chi connectivity index (χ4v) is 5.77. The lowest BCUT2D eigenvalue weighted by atomic mass is 9.96. The van der Waals surface area contributed by atoms with Crippen LogP contribution in [0.2, 0.25) is 0 Å². The van der Waals surface area contributed by atoms with E-state index in [0.717, 1.165) is 37.7 Å². The first-order chi connectivity index (χ1) is 13.3. The van der Waals surface area contributed by atoms with Crippen LogP contribution in [-0.4, -0.2) is 32.1 Å². The third-order valence-corrected chi connectivity index (χ3v) is 7.33. The van der Waals surface area contributed by atoms with Crippen molar-refractivity contribution < 1.29 is 9.69 Å². The molecule has 1 aromatic heterocycles. The third-order valence-electron chi connectivity index (χ3n) is 6.33.